The molecule has 0 aromatic heterocycles. The van der Waals surface area contributed by atoms with Crippen LogP contribution < -0.4 is 5.32 Å². The van der Waals surface area contributed by atoms with Crippen molar-refractivity contribution >= 4 is 17.6 Å². The monoisotopic (exact) mass is 317 g/mol. The molecule has 1 unspecified atom stereocenters. The number of hydrogen-bond acceptors (Lipinski definition) is 2. The Balaban J connectivity index is 1.95. The second-order valence-electron chi connectivity index (χ2n) is 5.48. The molecule has 0 amide bonds. The molecule has 0 aliphatic rings. The Hall–Kier alpha value is -1.84. The summed E-state index contributed by atoms with van der Waals surface area (Å²) in [6, 6.07) is 16.8. The summed E-state index contributed by atoms with van der Waals surface area (Å²) in [5, 5.41) is 13.3. The molecular formula is C18H20ClNO2. The maximum absolute atomic E-state index is 11.5. The number of carbonyl (C=O) groups is 1. The van der Waals surface area contributed by atoms with Crippen LogP contribution >= 0.6 is 11.6 Å². The zero-order valence-electron chi connectivity index (χ0n) is 12.5. The van der Waals surface area contributed by atoms with Crippen LogP contribution in [0.1, 0.15) is 18.1 Å². The number of aliphatic carboxylic acids is 1. The van der Waals surface area contributed by atoms with E-state index in [-0.39, 0.29) is 6.04 Å². The van der Waals surface area contributed by atoms with E-state index in [9.17, 15) is 9.90 Å². The van der Waals surface area contributed by atoms with E-state index in [2.05, 4.69) is 5.32 Å². The van der Waals surface area contributed by atoms with E-state index in [4.69, 9.17) is 11.6 Å². The van der Waals surface area contributed by atoms with Gasteiger partial charge in [-0.2, -0.15) is 0 Å². The molecule has 116 valence electrons. The van der Waals surface area contributed by atoms with Crippen LogP contribution in [0.15, 0.2) is 54.6 Å². The molecule has 0 radical (unpaired) electrons. The van der Waals surface area contributed by atoms with Crippen molar-refractivity contribution in [2.24, 2.45) is 0 Å². The largest absolute Gasteiger partial charge is 0.480 e. The van der Waals surface area contributed by atoms with Crippen LogP contribution in [0.4, 0.5) is 0 Å². The van der Waals surface area contributed by atoms with Gasteiger partial charge in [0, 0.05) is 11.1 Å². The van der Waals surface area contributed by atoms with Crippen LogP contribution in [0, 0.1) is 0 Å². The predicted octanol–water partition coefficient (Wildman–Crippen LogP) is 3.56. The Morgan fingerprint density at radius 2 is 1.64 bits per heavy atom. The molecule has 0 spiro atoms. The average Bonchev–Trinajstić information content (AvgIpc) is 2.50. The molecule has 0 saturated carbocycles. The molecule has 2 N–H and O–H groups in total. The molecule has 3 nitrogen and oxygen atoms in total. The lowest BCUT2D eigenvalue weighted by atomic mass is 10.0. The van der Waals surface area contributed by atoms with Gasteiger partial charge in [0.05, 0.1) is 0 Å². The first kappa shape index (κ1) is 16.5. The number of benzene rings is 2. The van der Waals surface area contributed by atoms with E-state index in [1.807, 2.05) is 61.5 Å². The van der Waals surface area contributed by atoms with Gasteiger partial charge < -0.3 is 10.4 Å². The minimum Gasteiger partial charge on any atom is -0.480 e. The number of halogens is 1. The van der Waals surface area contributed by atoms with Gasteiger partial charge in [0.15, 0.2) is 0 Å². The van der Waals surface area contributed by atoms with E-state index < -0.39 is 12.0 Å². The SMILES string of the molecule is CC(Cc1ccc(Cl)cc1)N[C@H](Cc1ccccc1)C(=O)O. The Labute approximate surface area is 135 Å². The molecule has 0 fully saturated rings. The lowest BCUT2D eigenvalue weighted by Gasteiger charge is -2.20. The molecule has 0 heterocycles. The average molecular weight is 318 g/mol. The number of carboxylic acids is 1. The highest BCUT2D eigenvalue weighted by Crippen LogP contribution is 2.12. The van der Waals surface area contributed by atoms with Crippen molar-refractivity contribution in [3.63, 3.8) is 0 Å². The first-order chi connectivity index (χ1) is 10.5. The van der Waals surface area contributed by atoms with Crippen molar-refractivity contribution in [1.29, 1.82) is 0 Å². The van der Waals surface area contributed by atoms with Crippen LogP contribution in [0.25, 0.3) is 0 Å². The highest BCUT2D eigenvalue weighted by molar-refractivity contribution is 6.30. The Morgan fingerprint density at radius 3 is 2.23 bits per heavy atom. The molecule has 0 bridgehead atoms. The van der Waals surface area contributed by atoms with E-state index in [0.717, 1.165) is 17.5 Å². The number of carboxylic acid groups (broad SMARTS) is 1. The van der Waals surface area contributed by atoms with E-state index in [0.29, 0.717) is 11.4 Å². The van der Waals surface area contributed by atoms with Crippen molar-refractivity contribution in [1.82, 2.24) is 5.32 Å². The molecular weight excluding hydrogens is 298 g/mol. The minimum atomic E-state index is -0.827. The van der Waals surface area contributed by atoms with Gasteiger partial charge in [0.1, 0.15) is 6.04 Å². The second-order valence-corrected chi connectivity index (χ2v) is 5.92. The summed E-state index contributed by atoms with van der Waals surface area (Å²) in [5.74, 6) is -0.827. The molecule has 2 rings (SSSR count). The lowest BCUT2D eigenvalue weighted by molar-refractivity contribution is -0.139. The van der Waals surface area contributed by atoms with E-state index >= 15 is 0 Å². The Kier molecular flexibility index (Phi) is 5.99. The quantitative estimate of drug-likeness (QED) is 0.821. The van der Waals surface area contributed by atoms with Gasteiger partial charge in [-0.05, 0) is 43.0 Å². The summed E-state index contributed by atoms with van der Waals surface area (Å²) in [6.07, 6.45) is 1.23. The van der Waals surface area contributed by atoms with Gasteiger partial charge in [-0.3, -0.25) is 4.79 Å². The lowest BCUT2D eigenvalue weighted by Crippen LogP contribution is -2.44. The summed E-state index contributed by atoms with van der Waals surface area (Å²) in [5.41, 5.74) is 2.15. The fourth-order valence-electron chi connectivity index (χ4n) is 2.44. The first-order valence-electron chi connectivity index (χ1n) is 7.32. The molecule has 2 atom stereocenters. The summed E-state index contributed by atoms with van der Waals surface area (Å²) < 4.78 is 0. The van der Waals surface area contributed by atoms with Gasteiger partial charge in [-0.15, -0.1) is 0 Å². The summed E-state index contributed by atoms with van der Waals surface area (Å²) in [6.45, 7) is 2.00. The summed E-state index contributed by atoms with van der Waals surface area (Å²) in [7, 11) is 0. The predicted molar refractivity (Wildman–Crippen MR) is 89.3 cm³/mol. The summed E-state index contributed by atoms with van der Waals surface area (Å²) >= 11 is 5.87. The van der Waals surface area contributed by atoms with Crippen LogP contribution in [-0.4, -0.2) is 23.2 Å². The van der Waals surface area contributed by atoms with Crippen molar-refractivity contribution in [3.05, 3.63) is 70.7 Å². The molecule has 4 heteroatoms. The Morgan fingerprint density at radius 1 is 1.05 bits per heavy atom. The fraction of sp³-hybridized carbons (Fsp3) is 0.278. The third-order valence-electron chi connectivity index (χ3n) is 3.52. The Bertz CT molecular complexity index is 598. The fourth-order valence-corrected chi connectivity index (χ4v) is 2.57. The first-order valence-corrected chi connectivity index (χ1v) is 7.69. The van der Waals surface area contributed by atoms with Crippen molar-refractivity contribution in [2.45, 2.75) is 31.8 Å². The minimum absolute atomic E-state index is 0.0611. The highest BCUT2D eigenvalue weighted by Gasteiger charge is 2.20. The number of rotatable bonds is 7. The van der Waals surface area contributed by atoms with Gasteiger partial charge >= 0.3 is 5.97 Å². The van der Waals surface area contributed by atoms with E-state index in [1.54, 1.807) is 0 Å². The smallest absolute Gasteiger partial charge is 0.321 e. The topological polar surface area (TPSA) is 49.3 Å². The van der Waals surface area contributed by atoms with Crippen LogP contribution in [-0.2, 0) is 17.6 Å². The summed E-state index contributed by atoms with van der Waals surface area (Å²) in [4.78, 5) is 11.5. The van der Waals surface area contributed by atoms with Gasteiger partial charge in [0.2, 0.25) is 0 Å². The molecule has 0 aliphatic heterocycles. The number of nitrogens with one attached hydrogen (secondary N) is 1. The maximum Gasteiger partial charge on any atom is 0.321 e. The zero-order valence-corrected chi connectivity index (χ0v) is 13.3. The van der Waals surface area contributed by atoms with Gasteiger partial charge in [-0.1, -0.05) is 54.1 Å². The van der Waals surface area contributed by atoms with Gasteiger partial charge in [0.25, 0.3) is 0 Å². The molecule has 22 heavy (non-hydrogen) atoms. The van der Waals surface area contributed by atoms with Gasteiger partial charge in [-0.25, -0.2) is 0 Å². The van der Waals surface area contributed by atoms with Crippen LogP contribution in [0.5, 0.6) is 0 Å². The van der Waals surface area contributed by atoms with Crippen molar-refractivity contribution in [2.75, 3.05) is 0 Å². The highest BCUT2D eigenvalue weighted by atomic mass is 35.5. The second kappa shape index (κ2) is 7.97. The van der Waals surface area contributed by atoms with E-state index in [1.165, 1.54) is 0 Å². The molecule has 0 saturated heterocycles. The normalized spacial score (nSPS) is 13.5. The van der Waals surface area contributed by atoms with Crippen molar-refractivity contribution in [3.8, 4) is 0 Å². The number of hydrogen-bond donors (Lipinski definition) is 2. The van der Waals surface area contributed by atoms with Crippen LogP contribution in [0.3, 0.4) is 0 Å². The van der Waals surface area contributed by atoms with Crippen LogP contribution in [0.2, 0.25) is 5.02 Å². The third kappa shape index (κ3) is 5.17. The molecule has 2 aromatic carbocycles. The zero-order chi connectivity index (χ0) is 15.9. The third-order valence-corrected chi connectivity index (χ3v) is 3.77. The van der Waals surface area contributed by atoms with Crippen molar-refractivity contribution < 1.29 is 9.90 Å². The molecule has 0 aliphatic carbocycles. The maximum atomic E-state index is 11.5. The molecule has 2 aromatic rings. The standard InChI is InChI=1S/C18H20ClNO2/c1-13(11-15-7-9-16(19)10-8-15)20-17(18(21)22)12-14-5-3-2-4-6-14/h2-10,13,17,20H,11-12H2,1H3,(H,21,22)/t13?,17-/m1/s1.